The van der Waals surface area contributed by atoms with E-state index < -0.39 is 0 Å². The molecular weight excluding hydrogens is 192 g/mol. The SMILES string of the molecule is CC(C)C#CC(C)C.CC(C)CCC(C)C. The molecule has 0 bridgehead atoms. The van der Waals surface area contributed by atoms with Gasteiger partial charge in [0.15, 0.2) is 0 Å². The summed E-state index contributed by atoms with van der Waals surface area (Å²) >= 11 is 0. The summed E-state index contributed by atoms with van der Waals surface area (Å²) < 4.78 is 0. The van der Waals surface area contributed by atoms with Crippen molar-refractivity contribution in [2.75, 3.05) is 0 Å². The van der Waals surface area contributed by atoms with Crippen molar-refractivity contribution in [2.45, 2.75) is 68.2 Å². The lowest BCUT2D eigenvalue weighted by Crippen LogP contribution is -1.91. The fourth-order valence-electron chi connectivity index (χ4n) is 1.00. The Balaban J connectivity index is 0. The molecule has 0 spiro atoms. The number of hydrogen-bond donors (Lipinski definition) is 0. The summed E-state index contributed by atoms with van der Waals surface area (Å²) in [5.41, 5.74) is 0. The van der Waals surface area contributed by atoms with Gasteiger partial charge in [0.1, 0.15) is 0 Å². The third kappa shape index (κ3) is 23.4. The van der Waals surface area contributed by atoms with E-state index in [1.807, 2.05) is 0 Å². The fourth-order valence-corrected chi connectivity index (χ4v) is 1.00. The maximum atomic E-state index is 3.09. The Kier molecular flexibility index (Phi) is 12.4. The van der Waals surface area contributed by atoms with E-state index >= 15 is 0 Å². The lowest BCUT2D eigenvalue weighted by molar-refractivity contribution is 0.476. The van der Waals surface area contributed by atoms with Crippen LogP contribution in [0.25, 0.3) is 0 Å². The first-order valence-corrected chi connectivity index (χ1v) is 6.76. The molecule has 0 aliphatic heterocycles. The van der Waals surface area contributed by atoms with Crippen molar-refractivity contribution in [1.82, 2.24) is 0 Å². The highest BCUT2D eigenvalue weighted by Gasteiger charge is 1.95. The monoisotopic (exact) mass is 224 g/mol. The zero-order valence-corrected chi connectivity index (χ0v) is 12.7. The van der Waals surface area contributed by atoms with Crippen molar-refractivity contribution in [1.29, 1.82) is 0 Å². The molecule has 0 aromatic heterocycles. The molecule has 0 amide bonds. The Morgan fingerprint density at radius 1 is 0.562 bits per heavy atom. The summed E-state index contributed by atoms with van der Waals surface area (Å²) in [6.07, 6.45) is 2.77. The van der Waals surface area contributed by atoms with Crippen molar-refractivity contribution in [3.05, 3.63) is 0 Å². The van der Waals surface area contributed by atoms with Gasteiger partial charge < -0.3 is 0 Å². The normalized spacial score (nSPS) is 10.2. The van der Waals surface area contributed by atoms with Gasteiger partial charge in [-0.3, -0.25) is 0 Å². The molecule has 0 unspecified atom stereocenters. The van der Waals surface area contributed by atoms with Crippen LogP contribution in [0.5, 0.6) is 0 Å². The second-order valence-electron chi connectivity index (χ2n) is 5.96. The summed E-state index contributed by atoms with van der Waals surface area (Å²) in [5, 5.41) is 0. The summed E-state index contributed by atoms with van der Waals surface area (Å²) in [6, 6.07) is 0. The molecule has 0 saturated carbocycles. The molecule has 96 valence electrons. The Bertz CT molecular complexity index is 166. The van der Waals surface area contributed by atoms with E-state index in [2.05, 4.69) is 67.2 Å². The molecule has 0 fully saturated rings. The van der Waals surface area contributed by atoms with Crippen molar-refractivity contribution in [2.24, 2.45) is 23.7 Å². The number of rotatable bonds is 3. The van der Waals surface area contributed by atoms with Crippen LogP contribution in [0.2, 0.25) is 0 Å². The van der Waals surface area contributed by atoms with Crippen LogP contribution in [-0.2, 0) is 0 Å². The topological polar surface area (TPSA) is 0 Å². The van der Waals surface area contributed by atoms with Crippen LogP contribution in [0, 0.1) is 35.5 Å². The largest absolute Gasteiger partial charge is 0.100 e. The quantitative estimate of drug-likeness (QED) is 0.565. The summed E-state index contributed by atoms with van der Waals surface area (Å²) in [5.74, 6) is 9.01. The zero-order valence-electron chi connectivity index (χ0n) is 12.7. The standard InChI is InChI=1S/C8H18.C8H14/c2*1-7(2)5-6-8(3)4/h7-8H,5-6H2,1-4H3;7-8H,1-4H3. The second kappa shape index (κ2) is 11.1. The van der Waals surface area contributed by atoms with Crippen molar-refractivity contribution < 1.29 is 0 Å². The molecule has 0 heterocycles. The molecule has 0 aromatic rings. The molecule has 0 radical (unpaired) electrons. The third-order valence-electron chi connectivity index (χ3n) is 1.98. The van der Waals surface area contributed by atoms with E-state index in [0.717, 1.165) is 11.8 Å². The van der Waals surface area contributed by atoms with E-state index in [9.17, 15) is 0 Å². The molecular formula is C16H32. The number of hydrogen-bond acceptors (Lipinski definition) is 0. The van der Waals surface area contributed by atoms with Crippen LogP contribution in [0.4, 0.5) is 0 Å². The minimum absolute atomic E-state index is 0.525. The summed E-state index contributed by atoms with van der Waals surface area (Å²) in [7, 11) is 0. The highest BCUT2D eigenvalue weighted by atomic mass is 14.0. The summed E-state index contributed by atoms with van der Waals surface area (Å²) in [6.45, 7) is 17.5. The molecule has 0 aromatic carbocycles. The van der Waals surface area contributed by atoms with Crippen LogP contribution in [-0.4, -0.2) is 0 Å². The van der Waals surface area contributed by atoms with Gasteiger partial charge in [-0.1, -0.05) is 68.2 Å². The minimum atomic E-state index is 0.525. The molecule has 0 aliphatic carbocycles. The van der Waals surface area contributed by atoms with E-state index in [1.54, 1.807) is 0 Å². The van der Waals surface area contributed by atoms with Gasteiger partial charge in [-0.15, -0.1) is 11.8 Å². The molecule has 0 saturated heterocycles. The Hall–Kier alpha value is -0.440. The maximum Gasteiger partial charge on any atom is 0.0146 e. The smallest absolute Gasteiger partial charge is 0.0146 e. The highest BCUT2D eigenvalue weighted by molar-refractivity contribution is 5.03. The molecule has 0 rings (SSSR count). The fraction of sp³-hybridized carbons (Fsp3) is 0.875. The second-order valence-corrected chi connectivity index (χ2v) is 5.96. The van der Waals surface area contributed by atoms with Crippen LogP contribution in [0.3, 0.4) is 0 Å². The van der Waals surface area contributed by atoms with Crippen LogP contribution in [0.1, 0.15) is 68.2 Å². The van der Waals surface area contributed by atoms with E-state index in [0.29, 0.717) is 11.8 Å². The Morgan fingerprint density at radius 2 is 0.812 bits per heavy atom. The highest BCUT2D eigenvalue weighted by Crippen LogP contribution is 2.09. The summed E-state index contributed by atoms with van der Waals surface area (Å²) in [4.78, 5) is 0. The lowest BCUT2D eigenvalue weighted by Gasteiger charge is -2.05. The molecule has 0 atom stereocenters. The van der Waals surface area contributed by atoms with Gasteiger partial charge in [0, 0.05) is 11.8 Å². The molecule has 0 heteroatoms. The zero-order chi connectivity index (χ0) is 13.1. The minimum Gasteiger partial charge on any atom is -0.100 e. The van der Waals surface area contributed by atoms with Gasteiger partial charge >= 0.3 is 0 Å². The van der Waals surface area contributed by atoms with Gasteiger partial charge in [-0.05, 0) is 11.8 Å². The van der Waals surface area contributed by atoms with Gasteiger partial charge in [0.2, 0.25) is 0 Å². The predicted octanol–water partition coefficient (Wildman–Crippen LogP) is 5.38. The van der Waals surface area contributed by atoms with E-state index in [4.69, 9.17) is 0 Å². The third-order valence-corrected chi connectivity index (χ3v) is 1.98. The van der Waals surface area contributed by atoms with Crippen LogP contribution in [0.15, 0.2) is 0 Å². The van der Waals surface area contributed by atoms with Crippen LogP contribution >= 0.6 is 0 Å². The molecule has 16 heavy (non-hydrogen) atoms. The van der Waals surface area contributed by atoms with Gasteiger partial charge in [-0.25, -0.2) is 0 Å². The first-order valence-electron chi connectivity index (χ1n) is 6.76. The average Bonchev–Trinajstić information content (AvgIpc) is 2.12. The average molecular weight is 224 g/mol. The Labute approximate surface area is 104 Å². The lowest BCUT2D eigenvalue weighted by atomic mass is 10.0. The Morgan fingerprint density at radius 3 is 0.938 bits per heavy atom. The van der Waals surface area contributed by atoms with Gasteiger partial charge in [-0.2, -0.15) is 0 Å². The molecule has 0 aliphatic rings. The maximum absolute atomic E-state index is 3.09. The first kappa shape index (κ1) is 17.9. The van der Waals surface area contributed by atoms with E-state index in [-0.39, 0.29) is 0 Å². The van der Waals surface area contributed by atoms with Crippen molar-refractivity contribution >= 4 is 0 Å². The van der Waals surface area contributed by atoms with E-state index in [1.165, 1.54) is 12.8 Å². The van der Waals surface area contributed by atoms with Crippen molar-refractivity contribution in [3.8, 4) is 11.8 Å². The van der Waals surface area contributed by atoms with Crippen LogP contribution < -0.4 is 0 Å². The van der Waals surface area contributed by atoms with Crippen molar-refractivity contribution in [3.63, 3.8) is 0 Å². The van der Waals surface area contributed by atoms with Gasteiger partial charge in [0.05, 0.1) is 0 Å². The first-order chi connectivity index (χ1) is 7.25. The molecule has 0 nitrogen and oxygen atoms in total. The van der Waals surface area contributed by atoms with Gasteiger partial charge in [0.25, 0.3) is 0 Å². The predicted molar refractivity (Wildman–Crippen MR) is 76.4 cm³/mol. The molecule has 0 N–H and O–H groups in total.